The van der Waals surface area contributed by atoms with Gasteiger partial charge in [0.05, 0.1) is 11.3 Å². The lowest BCUT2D eigenvalue weighted by molar-refractivity contribution is 0.102. The van der Waals surface area contributed by atoms with Gasteiger partial charge in [0.15, 0.2) is 5.75 Å². The van der Waals surface area contributed by atoms with Crippen LogP contribution in [0.4, 0.5) is 11.5 Å². The van der Waals surface area contributed by atoms with Crippen molar-refractivity contribution in [2.75, 3.05) is 10.6 Å². The van der Waals surface area contributed by atoms with Crippen molar-refractivity contribution in [1.29, 1.82) is 0 Å². The Labute approximate surface area is 174 Å². The number of hydrogen-bond donors (Lipinski definition) is 2. The van der Waals surface area contributed by atoms with E-state index in [1.54, 1.807) is 36.8 Å². The number of anilines is 2. The molecule has 0 saturated carbocycles. The highest BCUT2D eigenvalue weighted by Gasteiger charge is 2.11. The lowest BCUT2D eigenvalue weighted by Crippen LogP contribution is -2.13. The van der Waals surface area contributed by atoms with Gasteiger partial charge in [-0.1, -0.05) is 30.3 Å². The van der Waals surface area contributed by atoms with E-state index in [9.17, 15) is 4.79 Å². The van der Waals surface area contributed by atoms with Gasteiger partial charge >= 0.3 is 0 Å². The Morgan fingerprint density at radius 1 is 0.867 bits per heavy atom. The zero-order valence-corrected chi connectivity index (χ0v) is 16.2. The van der Waals surface area contributed by atoms with Crippen LogP contribution in [0.25, 0.3) is 0 Å². The fourth-order valence-electron chi connectivity index (χ4n) is 2.79. The van der Waals surface area contributed by atoms with E-state index in [1.807, 2.05) is 60.7 Å². The minimum atomic E-state index is -0.257. The Bertz CT molecular complexity index is 1100. The molecule has 0 radical (unpaired) electrons. The first-order valence-corrected chi connectivity index (χ1v) is 9.50. The number of para-hydroxylation sites is 3. The minimum absolute atomic E-state index is 0.257. The normalized spacial score (nSPS) is 10.3. The second-order valence-electron chi connectivity index (χ2n) is 6.51. The van der Waals surface area contributed by atoms with Gasteiger partial charge in [0.1, 0.15) is 11.6 Å². The Hall–Kier alpha value is -4.19. The van der Waals surface area contributed by atoms with Crippen molar-refractivity contribution in [3.63, 3.8) is 0 Å². The molecule has 2 N–H and O–H groups in total. The summed E-state index contributed by atoms with van der Waals surface area (Å²) >= 11 is 0. The summed E-state index contributed by atoms with van der Waals surface area (Å²) in [5, 5.41) is 6.12. The first-order chi connectivity index (χ1) is 14.8. The zero-order valence-electron chi connectivity index (χ0n) is 16.2. The summed E-state index contributed by atoms with van der Waals surface area (Å²) in [6, 6.07) is 24.1. The molecule has 2 heterocycles. The SMILES string of the molecule is O=C(Nc1ccccc1Oc1ccccc1)c1ccc(NCc2ccncc2)nc1. The molecule has 0 unspecified atom stereocenters. The van der Waals surface area contributed by atoms with Crippen LogP contribution in [0.2, 0.25) is 0 Å². The van der Waals surface area contributed by atoms with Crippen molar-refractivity contribution in [2.24, 2.45) is 0 Å². The van der Waals surface area contributed by atoms with Gasteiger partial charge in [0, 0.05) is 25.1 Å². The molecule has 0 aliphatic rings. The monoisotopic (exact) mass is 396 g/mol. The van der Waals surface area contributed by atoms with E-state index in [4.69, 9.17) is 4.74 Å². The van der Waals surface area contributed by atoms with Crippen molar-refractivity contribution < 1.29 is 9.53 Å². The molecule has 4 aromatic rings. The van der Waals surface area contributed by atoms with Crippen molar-refractivity contribution in [3.05, 3.63) is 109 Å². The number of benzene rings is 2. The quantitative estimate of drug-likeness (QED) is 0.453. The lowest BCUT2D eigenvalue weighted by Gasteiger charge is -2.12. The van der Waals surface area contributed by atoms with Crippen LogP contribution in [0.15, 0.2) is 97.5 Å². The van der Waals surface area contributed by atoms with E-state index in [-0.39, 0.29) is 5.91 Å². The summed E-state index contributed by atoms with van der Waals surface area (Å²) in [7, 11) is 0. The highest BCUT2D eigenvalue weighted by molar-refractivity contribution is 6.04. The largest absolute Gasteiger partial charge is 0.455 e. The first kappa shape index (κ1) is 19.1. The third-order valence-corrected chi connectivity index (χ3v) is 4.35. The number of amides is 1. The Kier molecular flexibility index (Phi) is 5.96. The molecule has 0 aliphatic carbocycles. The molecule has 4 rings (SSSR count). The van der Waals surface area contributed by atoms with Crippen molar-refractivity contribution in [2.45, 2.75) is 6.54 Å². The van der Waals surface area contributed by atoms with E-state index in [1.165, 1.54) is 0 Å². The summed E-state index contributed by atoms with van der Waals surface area (Å²) in [5.74, 6) is 1.70. The maximum Gasteiger partial charge on any atom is 0.257 e. The van der Waals surface area contributed by atoms with Crippen molar-refractivity contribution in [3.8, 4) is 11.5 Å². The second-order valence-corrected chi connectivity index (χ2v) is 6.51. The number of carbonyl (C=O) groups is 1. The van der Waals surface area contributed by atoms with Gasteiger partial charge in [-0.25, -0.2) is 4.98 Å². The minimum Gasteiger partial charge on any atom is -0.455 e. The average Bonchev–Trinajstić information content (AvgIpc) is 2.81. The van der Waals surface area contributed by atoms with E-state index in [2.05, 4.69) is 20.6 Å². The fraction of sp³-hybridized carbons (Fsp3) is 0.0417. The van der Waals surface area contributed by atoms with E-state index >= 15 is 0 Å². The molecule has 0 fully saturated rings. The molecule has 0 atom stereocenters. The summed E-state index contributed by atoms with van der Waals surface area (Å²) in [4.78, 5) is 21.0. The maximum atomic E-state index is 12.7. The van der Waals surface area contributed by atoms with Crippen molar-refractivity contribution in [1.82, 2.24) is 9.97 Å². The number of aromatic nitrogens is 2. The van der Waals surface area contributed by atoms with E-state index in [0.717, 1.165) is 5.56 Å². The third-order valence-electron chi connectivity index (χ3n) is 4.35. The zero-order chi connectivity index (χ0) is 20.6. The molecule has 2 aromatic carbocycles. The molecule has 6 nitrogen and oxygen atoms in total. The van der Waals surface area contributed by atoms with Gasteiger partial charge in [0.25, 0.3) is 5.91 Å². The molecule has 0 spiro atoms. The van der Waals surface area contributed by atoms with Gasteiger partial charge in [-0.2, -0.15) is 0 Å². The summed E-state index contributed by atoms with van der Waals surface area (Å²) in [6.45, 7) is 0.630. The van der Waals surface area contributed by atoms with Gasteiger partial charge < -0.3 is 15.4 Å². The fourth-order valence-corrected chi connectivity index (χ4v) is 2.79. The van der Waals surface area contributed by atoms with Gasteiger partial charge in [-0.3, -0.25) is 9.78 Å². The van der Waals surface area contributed by atoms with Crippen LogP contribution in [0, 0.1) is 0 Å². The van der Waals surface area contributed by atoms with Crippen LogP contribution >= 0.6 is 0 Å². The molecule has 6 heteroatoms. The van der Waals surface area contributed by atoms with Crippen LogP contribution in [0.5, 0.6) is 11.5 Å². The molecular weight excluding hydrogens is 376 g/mol. The highest BCUT2D eigenvalue weighted by Crippen LogP contribution is 2.29. The van der Waals surface area contributed by atoms with Gasteiger partial charge in [-0.05, 0) is 54.1 Å². The molecule has 30 heavy (non-hydrogen) atoms. The predicted molar refractivity (Wildman–Crippen MR) is 117 cm³/mol. The first-order valence-electron chi connectivity index (χ1n) is 9.50. The molecule has 148 valence electrons. The summed E-state index contributed by atoms with van der Waals surface area (Å²) in [5.41, 5.74) is 2.15. The van der Waals surface area contributed by atoms with Crippen LogP contribution in [0.3, 0.4) is 0 Å². The smallest absolute Gasteiger partial charge is 0.257 e. The number of hydrogen-bond acceptors (Lipinski definition) is 5. The molecule has 0 aliphatic heterocycles. The van der Waals surface area contributed by atoms with Crippen LogP contribution in [-0.2, 0) is 6.54 Å². The molecule has 2 aromatic heterocycles. The van der Waals surface area contributed by atoms with Crippen LogP contribution < -0.4 is 15.4 Å². The van der Waals surface area contributed by atoms with Crippen LogP contribution in [0.1, 0.15) is 15.9 Å². The second kappa shape index (κ2) is 9.34. The molecule has 0 saturated heterocycles. The number of ether oxygens (including phenoxy) is 1. The van der Waals surface area contributed by atoms with E-state index < -0.39 is 0 Å². The Balaban J connectivity index is 1.40. The lowest BCUT2D eigenvalue weighted by atomic mass is 10.2. The molecular formula is C24H20N4O2. The number of nitrogens with one attached hydrogen (secondary N) is 2. The highest BCUT2D eigenvalue weighted by atomic mass is 16.5. The number of carbonyl (C=O) groups excluding carboxylic acids is 1. The van der Waals surface area contributed by atoms with Crippen molar-refractivity contribution >= 4 is 17.4 Å². The molecule has 1 amide bonds. The number of nitrogens with zero attached hydrogens (tertiary/aromatic N) is 2. The predicted octanol–water partition coefficient (Wildman–Crippen LogP) is 5.13. The van der Waals surface area contributed by atoms with Crippen LogP contribution in [-0.4, -0.2) is 15.9 Å². The third kappa shape index (κ3) is 4.99. The average molecular weight is 396 g/mol. The van der Waals surface area contributed by atoms with Gasteiger partial charge in [0.2, 0.25) is 0 Å². The maximum absolute atomic E-state index is 12.7. The van der Waals surface area contributed by atoms with E-state index in [0.29, 0.717) is 35.1 Å². The molecule has 0 bridgehead atoms. The summed E-state index contributed by atoms with van der Waals surface area (Å²) < 4.78 is 5.89. The topological polar surface area (TPSA) is 76.1 Å². The Morgan fingerprint density at radius 2 is 1.63 bits per heavy atom. The number of pyridine rings is 2. The Morgan fingerprint density at radius 3 is 2.40 bits per heavy atom. The number of rotatable bonds is 7. The summed E-state index contributed by atoms with van der Waals surface area (Å²) in [6.07, 6.45) is 5.04. The standard InChI is InChI=1S/C24H20N4O2/c29-24(19-10-11-23(27-17-19)26-16-18-12-14-25-15-13-18)28-21-8-4-5-9-22(21)30-20-6-2-1-3-7-20/h1-15,17H,16H2,(H,26,27)(H,28,29). The van der Waals surface area contributed by atoms with Gasteiger partial charge in [-0.15, -0.1) is 0 Å².